The lowest BCUT2D eigenvalue weighted by Crippen LogP contribution is -2.07. The Balaban J connectivity index is 1.38. The van der Waals surface area contributed by atoms with Crippen LogP contribution in [0.25, 0.3) is 16.7 Å². The van der Waals surface area contributed by atoms with Gasteiger partial charge in [-0.05, 0) is 43.5 Å². The van der Waals surface area contributed by atoms with Crippen LogP contribution in [-0.4, -0.2) is 46.0 Å². The zero-order valence-corrected chi connectivity index (χ0v) is 19.0. The van der Waals surface area contributed by atoms with Crippen LogP contribution in [0.3, 0.4) is 0 Å². The molecule has 0 aliphatic heterocycles. The molecular weight excluding hydrogens is 471 g/mol. The first-order valence-corrected chi connectivity index (χ1v) is 11.1. The third-order valence-corrected chi connectivity index (χ3v) is 5.85. The fourth-order valence-corrected chi connectivity index (χ4v) is 4.07. The summed E-state index contributed by atoms with van der Waals surface area (Å²) in [4.78, 5) is 23.9. The molecule has 1 saturated carbocycles. The molecule has 4 aromatic heterocycles. The van der Waals surface area contributed by atoms with Crippen LogP contribution in [0, 0.1) is 17.0 Å². The molecule has 5 rings (SSSR count). The second kappa shape index (κ2) is 8.56. The summed E-state index contributed by atoms with van der Waals surface area (Å²) in [6, 6.07) is 3.62. The van der Waals surface area contributed by atoms with E-state index in [1.165, 1.54) is 6.20 Å². The maximum absolute atomic E-state index is 11.9. The summed E-state index contributed by atoms with van der Waals surface area (Å²) in [5, 5.41) is 21.6. The van der Waals surface area contributed by atoms with Crippen LogP contribution in [-0.2, 0) is 6.54 Å². The average molecular weight is 489 g/mol. The molecule has 1 aliphatic rings. The van der Waals surface area contributed by atoms with Gasteiger partial charge >= 0.3 is 11.6 Å². The van der Waals surface area contributed by atoms with Gasteiger partial charge in [0, 0.05) is 31.3 Å². The molecule has 0 aromatic carbocycles. The van der Waals surface area contributed by atoms with Crippen LogP contribution >= 0.6 is 23.2 Å². The van der Waals surface area contributed by atoms with Gasteiger partial charge in [-0.25, -0.2) is 14.3 Å². The lowest BCUT2D eigenvalue weighted by molar-refractivity contribution is -0.386. The van der Waals surface area contributed by atoms with Crippen molar-refractivity contribution in [1.82, 2.24) is 34.5 Å². The van der Waals surface area contributed by atoms with E-state index in [9.17, 15) is 10.1 Å². The Morgan fingerprint density at radius 3 is 2.82 bits per heavy atom. The first-order chi connectivity index (χ1) is 15.9. The second-order valence-electron chi connectivity index (χ2n) is 7.68. The second-order valence-corrected chi connectivity index (χ2v) is 8.38. The molecule has 0 saturated heterocycles. The van der Waals surface area contributed by atoms with E-state index < -0.39 is 4.92 Å². The van der Waals surface area contributed by atoms with Crippen molar-refractivity contribution in [1.29, 1.82) is 0 Å². The molecule has 13 heteroatoms. The lowest BCUT2D eigenvalue weighted by atomic mass is 10.2. The molecule has 0 unspecified atom stereocenters. The third kappa shape index (κ3) is 4.09. The van der Waals surface area contributed by atoms with E-state index in [-0.39, 0.29) is 34.5 Å². The Labute approximate surface area is 197 Å². The van der Waals surface area contributed by atoms with Crippen molar-refractivity contribution < 1.29 is 9.66 Å². The Bertz CT molecular complexity index is 1370. The molecule has 0 atom stereocenters. The molecule has 0 N–H and O–H groups in total. The number of hydrogen-bond donors (Lipinski definition) is 0. The smallest absolute Gasteiger partial charge is 0.354 e. The summed E-state index contributed by atoms with van der Waals surface area (Å²) in [7, 11) is 0. The number of hydrogen-bond acceptors (Lipinski definition) is 8. The molecule has 33 heavy (non-hydrogen) atoms. The topological polar surface area (TPSA) is 127 Å². The van der Waals surface area contributed by atoms with Crippen molar-refractivity contribution in [2.24, 2.45) is 0 Å². The number of nitrogens with zero attached hydrogens (tertiary/aromatic N) is 8. The van der Waals surface area contributed by atoms with Gasteiger partial charge in [0.05, 0.1) is 28.3 Å². The zero-order valence-electron chi connectivity index (χ0n) is 17.5. The summed E-state index contributed by atoms with van der Waals surface area (Å²) in [5.41, 5.74) is 2.41. The molecule has 1 aliphatic carbocycles. The van der Waals surface area contributed by atoms with Crippen LogP contribution < -0.4 is 4.74 Å². The molecule has 1 fully saturated rings. The van der Waals surface area contributed by atoms with Gasteiger partial charge in [-0.2, -0.15) is 10.1 Å². The molecule has 0 radical (unpaired) electrons. The van der Waals surface area contributed by atoms with E-state index in [0.717, 1.165) is 18.5 Å². The number of aryl methyl sites for hydroxylation is 2. The monoisotopic (exact) mass is 488 g/mol. The Hall–Kier alpha value is -3.31. The van der Waals surface area contributed by atoms with Gasteiger partial charge in [0.15, 0.2) is 10.8 Å². The highest BCUT2D eigenvalue weighted by molar-refractivity contribution is 6.34. The average Bonchev–Trinajstić information content (AvgIpc) is 3.48. The minimum atomic E-state index is -0.419. The van der Waals surface area contributed by atoms with Crippen molar-refractivity contribution >= 4 is 39.9 Å². The normalized spacial score (nSPS) is 13.5. The predicted octanol–water partition coefficient (Wildman–Crippen LogP) is 4.28. The largest absolute Gasteiger partial charge is 0.472 e. The summed E-state index contributed by atoms with van der Waals surface area (Å²) in [5.74, 6) is 0.0794. The number of fused-ring (bicyclic) bond motifs is 1. The van der Waals surface area contributed by atoms with E-state index in [0.29, 0.717) is 35.4 Å². The van der Waals surface area contributed by atoms with E-state index in [4.69, 9.17) is 27.9 Å². The molecule has 11 nitrogen and oxygen atoms in total. The van der Waals surface area contributed by atoms with E-state index in [1.807, 2.05) is 13.0 Å². The predicted molar refractivity (Wildman–Crippen MR) is 120 cm³/mol. The van der Waals surface area contributed by atoms with Crippen molar-refractivity contribution in [2.75, 3.05) is 6.61 Å². The van der Waals surface area contributed by atoms with Gasteiger partial charge in [0.2, 0.25) is 5.28 Å². The van der Waals surface area contributed by atoms with Crippen LogP contribution in [0.4, 0.5) is 5.69 Å². The molecule has 4 aromatic rings. The molecule has 0 bridgehead atoms. The van der Waals surface area contributed by atoms with Crippen LogP contribution in [0.1, 0.15) is 36.6 Å². The van der Waals surface area contributed by atoms with Gasteiger partial charge in [0.1, 0.15) is 5.69 Å². The van der Waals surface area contributed by atoms with Crippen molar-refractivity contribution in [2.45, 2.75) is 38.6 Å². The maximum Gasteiger partial charge on any atom is 0.354 e. The quantitative estimate of drug-likeness (QED) is 0.155. The molecule has 4 heterocycles. The van der Waals surface area contributed by atoms with Crippen LogP contribution in [0.15, 0.2) is 24.5 Å². The van der Waals surface area contributed by atoms with Crippen molar-refractivity contribution in [3.63, 3.8) is 0 Å². The first kappa shape index (κ1) is 21.5. The van der Waals surface area contributed by atoms with Gasteiger partial charge in [0.25, 0.3) is 0 Å². The number of pyridine rings is 1. The summed E-state index contributed by atoms with van der Waals surface area (Å²) >= 11 is 12.0. The standard InChI is InChI=1S/C20H18Cl2N8O3/c1-11-14(4-2-7-23-11)29-15(12-5-6-12)16(30(31)32)19(27-29)33-9-3-8-28-18-13(17(21)26-28)10-24-20(22)25-18/h2,4,7,10,12H,3,5-6,8-9H2,1H3. The summed E-state index contributed by atoms with van der Waals surface area (Å²) < 4.78 is 9.01. The number of rotatable bonds is 8. The minimum Gasteiger partial charge on any atom is -0.472 e. The van der Waals surface area contributed by atoms with Gasteiger partial charge in [-0.3, -0.25) is 15.1 Å². The molecular formula is C20H18Cl2N8O3. The van der Waals surface area contributed by atoms with Crippen LogP contribution in [0.2, 0.25) is 10.4 Å². The SMILES string of the molecule is Cc1ncccc1-n1nc(OCCCn2nc(Cl)c3cnc(Cl)nc32)c([N+](=O)[O-])c1C1CC1. The van der Waals surface area contributed by atoms with E-state index >= 15 is 0 Å². The highest BCUT2D eigenvalue weighted by Gasteiger charge is 2.40. The maximum atomic E-state index is 11.9. The zero-order chi connectivity index (χ0) is 23.1. The van der Waals surface area contributed by atoms with Gasteiger partial charge in [-0.1, -0.05) is 11.6 Å². The minimum absolute atomic E-state index is 0.00104. The van der Waals surface area contributed by atoms with E-state index in [2.05, 4.69) is 25.1 Å². The first-order valence-electron chi connectivity index (χ1n) is 10.3. The third-order valence-electron chi connectivity index (χ3n) is 5.39. The highest BCUT2D eigenvalue weighted by atomic mass is 35.5. The van der Waals surface area contributed by atoms with Crippen LogP contribution in [0.5, 0.6) is 5.88 Å². The summed E-state index contributed by atoms with van der Waals surface area (Å²) in [6.07, 6.45) is 5.44. The molecule has 170 valence electrons. The number of ether oxygens (including phenoxy) is 1. The van der Waals surface area contributed by atoms with Crippen molar-refractivity contribution in [3.05, 3.63) is 56.5 Å². The number of nitro groups is 1. The summed E-state index contributed by atoms with van der Waals surface area (Å²) in [6.45, 7) is 2.45. The highest BCUT2D eigenvalue weighted by Crippen LogP contribution is 2.48. The van der Waals surface area contributed by atoms with E-state index in [1.54, 1.807) is 21.6 Å². The van der Waals surface area contributed by atoms with Gasteiger partial charge in [-0.15, -0.1) is 5.10 Å². The Morgan fingerprint density at radius 1 is 1.27 bits per heavy atom. The fourth-order valence-electron chi connectivity index (χ4n) is 3.72. The molecule has 0 amide bonds. The fraction of sp³-hybridized carbons (Fsp3) is 0.350. The Morgan fingerprint density at radius 2 is 2.09 bits per heavy atom. The number of aromatic nitrogens is 7. The van der Waals surface area contributed by atoms with Crippen molar-refractivity contribution in [3.8, 4) is 11.6 Å². The number of halogens is 2. The molecule has 0 spiro atoms. The van der Waals surface area contributed by atoms with Gasteiger partial charge < -0.3 is 4.74 Å². The lowest BCUT2D eigenvalue weighted by Gasteiger charge is -2.07. The Kier molecular flexibility index (Phi) is 5.59.